The fraction of sp³-hybridized carbons (Fsp3) is 0.600. The molecule has 1 aliphatic rings. The molecule has 2 atom stereocenters. The molecule has 1 saturated carbocycles. The lowest BCUT2D eigenvalue weighted by Gasteiger charge is -2.42. The van der Waals surface area contributed by atoms with Crippen LogP contribution in [0.3, 0.4) is 0 Å². The Bertz CT molecular complexity index is 705. The minimum Gasteiger partial charge on any atom is -0.329 e. The standard InChI is InChI=1S/C15H23N3O4S/c1-11-9-13(6-7-14(11)18(19)20)23(21,22)17-15(10-16)8-4-3-5-12(15)2/h6-7,9,12,17H,3-5,8,10,16H2,1-2H3. The average Bonchev–Trinajstić information content (AvgIpc) is 2.49. The Balaban J connectivity index is 2.34. The first-order valence-corrected chi connectivity index (χ1v) is 9.19. The molecule has 2 unspecified atom stereocenters. The number of hydrogen-bond acceptors (Lipinski definition) is 5. The zero-order valence-corrected chi connectivity index (χ0v) is 14.2. The average molecular weight is 341 g/mol. The quantitative estimate of drug-likeness (QED) is 0.628. The molecule has 0 saturated heterocycles. The van der Waals surface area contributed by atoms with Crippen molar-refractivity contribution in [3.63, 3.8) is 0 Å². The highest BCUT2D eigenvalue weighted by atomic mass is 32.2. The van der Waals surface area contributed by atoms with Crippen LogP contribution in [0.2, 0.25) is 0 Å². The molecule has 0 amide bonds. The summed E-state index contributed by atoms with van der Waals surface area (Å²) in [5.74, 6) is 0.148. The van der Waals surface area contributed by atoms with Crippen molar-refractivity contribution in [1.82, 2.24) is 4.72 Å². The summed E-state index contributed by atoms with van der Waals surface area (Å²) in [4.78, 5) is 10.4. The number of rotatable bonds is 5. The van der Waals surface area contributed by atoms with Crippen molar-refractivity contribution >= 4 is 15.7 Å². The minimum absolute atomic E-state index is 0.0335. The van der Waals surface area contributed by atoms with Crippen molar-refractivity contribution in [3.05, 3.63) is 33.9 Å². The van der Waals surface area contributed by atoms with Crippen LogP contribution >= 0.6 is 0 Å². The van der Waals surface area contributed by atoms with Crippen LogP contribution in [0.5, 0.6) is 0 Å². The van der Waals surface area contributed by atoms with E-state index in [4.69, 9.17) is 5.73 Å². The van der Waals surface area contributed by atoms with Gasteiger partial charge in [-0.05, 0) is 37.8 Å². The summed E-state index contributed by atoms with van der Waals surface area (Å²) < 4.78 is 28.2. The zero-order chi connectivity index (χ0) is 17.3. The Morgan fingerprint density at radius 3 is 2.65 bits per heavy atom. The number of benzene rings is 1. The Morgan fingerprint density at radius 2 is 2.13 bits per heavy atom. The van der Waals surface area contributed by atoms with E-state index in [0.717, 1.165) is 19.3 Å². The molecular formula is C15H23N3O4S. The van der Waals surface area contributed by atoms with E-state index in [9.17, 15) is 18.5 Å². The lowest BCUT2D eigenvalue weighted by molar-refractivity contribution is -0.385. The fourth-order valence-electron chi connectivity index (χ4n) is 3.24. The van der Waals surface area contributed by atoms with Gasteiger partial charge >= 0.3 is 0 Å². The van der Waals surface area contributed by atoms with Crippen LogP contribution in [0.1, 0.15) is 38.2 Å². The van der Waals surface area contributed by atoms with Gasteiger partial charge in [0.05, 0.1) is 9.82 Å². The molecule has 1 aromatic carbocycles. The van der Waals surface area contributed by atoms with E-state index in [-0.39, 0.29) is 23.0 Å². The maximum absolute atomic E-state index is 12.7. The summed E-state index contributed by atoms with van der Waals surface area (Å²) in [5.41, 5.74) is 5.47. The van der Waals surface area contributed by atoms with E-state index < -0.39 is 20.5 Å². The van der Waals surface area contributed by atoms with Gasteiger partial charge in [0.2, 0.25) is 10.0 Å². The first kappa shape index (κ1) is 17.8. The summed E-state index contributed by atoms with van der Waals surface area (Å²) in [6.45, 7) is 3.77. The summed E-state index contributed by atoms with van der Waals surface area (Å²) in [7, 11) is -3.78. The Labute approximate surface area is 136 Å². The van der Waals surface area contributed by atoms with Crippen molar-refractivity contribution in [2.24, 2.45) is 11.7 Å². The number of nitrogens with zero attached hydrogens (tertiary/aromatic N) is 1. The molecule has 0 bridgehead atoms. The molecule has 128 valence electrons. The number of aryl methyl sites for hydroxylation is 1. The third-order valence-corrected chi connectivity index (χ3v) is 6.38. The lowest BCUT2D eigenvalue weighted by Crippen LogP contribution is -2.58. The van der Waals surface area contributed by atoms with Gasteiger partial charge in [-0.25, -0.2) is 13.1 Å². The van der Waals surface area contributed by atoms with Crippen LogP contribution in [-0.2, 0) is 10.0 Å². The second-order valence-corrected chi connectivity index (χ2v) is 8.00. The highest BCUT2D eigenvalue weighted by Gasteiger charge is 2.40. The van der Waals surface area contributed by atoms with Crippen molar-refractivity contribution in [2.75, 3.05) is 6.54 Å². The molecule has 0 spiro atoms. The number of nitrogens with two attached hydrogens (primary N) is 1. The summed E-state index contributed by atoms with van der Waals surface area (Å²) in [5, 5.41) is 10.9. The Morgan fingerprint density at radius 1 is 1.43 bits per heavy atom. The summed E-state index contributed by atoms with van der Waals surface area (Å²) in [6, 6.07) is 3.83. The maximum atomic E-state index is 12.7. The van der Waals surface area contributed by atoms with E-state index in [2.05, 4.69) is 4.72 Å². The first-order chi connectivity index (χ1) is 10.7. The second kappa shape index (κ2) is 6.54. The largest absolute Gasteiger partial charge is 0.329 e. The number of sulfonamides is 1. The molecule has 23 heavy (non-hydrogen) atoms. The smallest absolute Gasteiger partial charge is 0.272 e. The van der Waals surface area contributed by atoms with Gasteiger partial charge in [-0.3, -0.25) is 10.1 Å². The van der Waals surface area contributed by atoms with Crippen LogP contribution in [0.4, 0.5) is 5.69 Å². The summed E-state index contributed by atoms with van der Waals surface area (Å²) in [6.07, 6.45) is 3.64. The molecule has 0 radical (unpaired) electrons. The van der Waals surface area contributed by atoms with Crippen LogP contribution in [0.15, 0.2) is 23.1 Å². The highest BCUT2D eigenvalue weighted by Crippen LogP contribution is 2.34. The van der Waals surface area contributed by atoms with Crippen LogP contribution < -0.4 is 10.5 Å². The van der Waals surface area contributed by atoms with Crippen molar-refractivity contribution in [2.45, 2.75) is 50.0 Å². The molecule has 1 aromatic rings. The van der Waals surface area contributed by atoms with E-state index in [1.807, 2.05) is 6.92 Å². The molecule has 1 fully saturated rings. The number of nitro benzene ring substituents is 1. The molecule has 2 rings (SSSR count). The number of nitro groups is 1. The SMILES string of the molecule is Cc1cc(S(=O)(=O)NC2(CN)CCCCC2C)ccc1[N+](=O)[O-]. The van der Waals surface area contributed by atoms with E-state index in [1.165, 1.54) is 25.1 Å². The zero-order valence-electron chi connectivity index (χ0n) is 13.4. The normalized spacial score (nSPS) is 25.3. The van der Waals surface area contributed by atoms with Crippen molar-refractivity contribution < 1.29 is 13.3 Å². The Hall–Kier alpha value is -1.51. The van der Waals surface area contributed by atoms with E-state index in [1.54, 1.807) is 0 Å². The molecule has 7 nitrogen and oxygen atoms in total. The van der Waals surface area contributed by atoms with Gasteiger partial charge in [-0.1, -0.05) is 19.8 Å². The van der Waals surface area contributed by atoms with Crippen LogP contribution in [0, 0.1) is 23.0 Å². The fourth-order valence-corrected chi connectivity index (χ4v) is 4.86. The molecule has 1 aliphatic carbocycles. The number of nitrogens with one attached hydrogen (secondary N) is 1. The van der Waals surface area contributed by atoms with Gasteiger partial charge in [-0.2, -0.15) is 0 Å². The second-order valence-electron chi connectivity index (χ2n) is 6.32. The van der Waals surface area contributed by atoms with E-state index in [0.29, 0.717) is 12.0 Å². The van der Waals surface area contributed by atoms with Crippen molar-refractivity contribution in [1.29, 1.82) is 0 Å². The van der Waals surface area contributed by atoms with E-state index >= 15 is 0 Å². The first-order valence-electron chi connectivity index (χ1n) is 7.71. The molecule has 0 aromatic heterocycles. The Kier molecular flexibility index (Phi) is 5.07. The molecular weight excluding hydrogens is 318 g/mol. The predicted octanol–water partition coefficient (Wildman–Crippen LogP) is 2.09. The summed E-state index contributed by atoms with van der Waals surface area (Å²) >= 11 is 0. The number of hydrogen-bond donors (Lipinski definition) is 2. The minimum atomic E-state index is -3.78. The van der Waals surface area contributed by atoms with Crippen molar-refractivity contribution in [3.8, 4) is 0 Å². The van der Waals surface area contributed by atoms with Crippen LogP contribution in [-0.4, -0.2) is 25.4 Å². The molecule has 3 N–H and O–H groups in total. The monoisotopic (exact) mass is 341 g/mol. The lowest BCUT2D eigenvalue weighted by atomic mass is 9.74. The van der Waals surface area contributed by atoms with Gasteiger partial charge < -0.3 is 5.73 Å². The van der Waals surface area contributed by atoms with Gasteiger partial charge in [-0.15, -0.1) is 0 Å². The third kappa shape index (κ3) is 3.54. The predicted molar refractivity (Wildman–Crippen MR) is 87.6 cm³/mol. The highest BCUT2D eigenvalue weighted by molar-refractivity contribution is 7.89. The van der Waals surface area contributed by atoms with Gasteiger partial charge in [0, 0.05) is 23.7 Å². The van der Waals surface area contributed by atoms with Gasteiger partial charge in [0.15, 0.2) is 0 Å². The maximum Gasteiger partial charge on any atom is 0.272 e. The van der Waals surface area contributed by atoms with Crippen LogP contribution in [0.25, 0.3) is 0 Å². The molecule has 0 heterocycles. The molecule has 0 aliphatic heterocycles. The molecule has 8 heteroatoms. The topological polar surface area (TPSA) is 115 Å². The van der Waals surface area contributed by atoms with Gasteiger partial charge in [0.1, 0.15) is 0 Å². The third-order valence-electron chi connectivity index (χ3n) is 4.83. The van der Waals surface area contributed by atoms with Gasteiger partial charge in [0.25, 0.3) is 5.69 Å².